The molecule has 1 heterocycles. The number of hydrogen-bond donors (Lipinski definition) is 2. The zero-order chi connectivity index (χ0) is 10.6. The molecule has 1 saturated heterocycles. The van der Waals surface area contributed by atoms with Crippen molar-refractivity contribution >= 4 is 20.0 Å². The van der Waals surface area contributed by atoms with Crippen LogP contribution in [0.25, 0.3) is 0 Å². The van der Waals surface area contributed by atoms with Crippen LogP contribution < -0.4 is 0 Å². The van der Waals surface area contributed by atoms with Gasteiger partial charge < -0.3 is 14.4 Å². The van der Waals surface area contributed by atoms with E-state index in [1.165, 1.54) is 0 Å². The van der Waals surface area contributed by atoms with Crippen molar-refractivity contribution in [2.75, 3.05) is 38.6 Å². The molecule has 0 saturated carbocycles. The smallest absolute Gasteiger partial charge is 0.144 e. The Morgan fingerprint density at radius 3 is 2.57 bits per heavy atom. The maximum atomic E-state index is 10.8. The van der Waals surface area contributed by atoms with Crippen molar-refractivity contribution in [3.8, 4) is 0 Å². The molecule has 0 bridgehead atoms. The Hall–Kier alpha value is 0.210. The summed E-state index contributed by atoms with van der Waals surface area (Å²) in [7, 11) is -3.25. The second-order valence-electron chi connectivity index (χ2n) is 3.32. The molecular formula is C7H15NO4S2. The summed E-state index contributed by atoms with van der Waals surface area (Å²) < 4.78 is 24.8. The van der Waals surface area contributed by atoms with E-state index in [1.807, 2.05) is 4.90 Å². The summed E-state index contributed by atoms with van der Waals surface area (Å²) in [6.07, 6.45) is -0.830. The number of β-amino-alcohol motifs (C(OH)–C–C–N with tert-alkyl or cyclic N) is 1. The Labute approximate surface area is 88.5 Å². The van der Waals surface area contributed by atoms with Crippen LogP contribution in [0, 0.1) is 0 Å². The third-order valence-corrected chi connectivity index (χ3v) is 3.19. The van der Waals surface area contributed by atoms with E-state index in [4.69, 9.17) is 9.29 Å². The van der Waals surface area contributed by atoms with Crippen LogP contribution in [0.4, 0.5) is 0 Å². The van der Waals surface area contributed by atoms with Crippen LogP contribution in [0.1, 0.15) is 0 Å². The molecule has 0 aliphatic carbocycles. The van der Waals surface area contributed by atoms with Gasteiger partial charge >= 0.3 is 0 Å². The molecule has 0 aromatic heterocycles. The fraction of sp³-hybridized carbons (Fsp3) is 1.00. The molecule has 1 aliphatic heterocycles. The van der Waals surface area contributed by atoms with Crippen molar-refractivity contribution in [2.24, 2.45) is 0 Å². The second-order valence-corrected chi connectivity index (χ2v) is 6.38. The third-order valence-electron chi connectivity index (χ3n) is 1.98. The molecule has 84 valence electrons. The summed E-state index contributed by atoms with van der Waals surface area (Å²) in [5, 5.41) is 9.45. The molecule has 0 aromatic rings. The van der Waals surface area contributed by atoms with E-state index in [2.05, 4.69) is 11.2 Å². The lowest BCUT2D eigenvalue weighted by molar-refractivity contribution is 0.0185. The van der Waals surface area contributed by atoms with Gasteiger partial charge in [0.15, 0.2) is 0 Å². The van der Waals surface area contributed by atoms with Gasteiger partial charge in [-0.15, -0.1) is 0 Å². The largest absolute Gasteiger partial charge is 0.391 e. The minimum absolute atomic E-state index is 0.236. The van der Waals surface area contributed by atoms with Crippen LogP contribution in [0.5, 0.6) is 0 Å². The van der Waals surface area contributed by atoms with E-state index in [9.17, 15) is 9.32 Å². The summed E-state index contributed by atoms with van der Waals surface area (Å²) in [5.74, 6) is -0.236. The van der Waals surface area contributed by atoms with Crippen molar-refractivity contribution in [3.63, 3.8) is 0 Å². The van der Waals surface area contributed by atoms with Gasteiger partial charge in [0.1, 0.15) is 8.77 Å². The molecule has 1 rings (SSSR count). The highest BCUT2D eigenvalue weighted by molar-refractivity contribution is 8.29. The Kier molecular flexibility index (Phi) is 4.68. The first-order valence-corrected chi connectivity index (χ1v) is 7.01. The van der Waals surface area contributed by atoms with E-state index >= 15 is 0 Å². The molecule has 2 N–H and O–H groups in total. The van der Waals surface area contributed by atoms with Crippen LogP contribution in [-0.4, -0.2) is 63.5 Å². The van der Waals surface area contributed by atoms with E-state index < -0.39 is 14.9 Å². The topological polar surface area (TPSA) is 70.0 Å². The average Bonchev–Trinajstić information content (AvgIpc) is 2.02. The van der Waals surface area contributed by atoms with Gasteiger partial charge in [-0.3, -0.25) is 4.90 Å². The number of morpholine rings is 1. The fourth-order valence-corrected chi connectivity index (χ4v) is 2.44. The highest BCUT2D eigenvalue weighted by atomic mass is 32.8. The van der Waals surface area contributed by atoms with Crippen LogP contribution in [0.3, 0.4) is 0 Å². The molecule has 5 nitrogen and oxygen atoms in total. The van der Waals surface area contributed by atoms with Gasteiger partial charge in [-0.05, 0) is 0 Å². The first kappa shape index (κ1) is 12.3. The number of ether oxygens (including phenoxy) is 1. The molecule has 14 heavy (non-hydrogen) atoms. The van der Waals surface area contributed by atoms with Gasteiger partial charge in [-0.2, -0.15) is 0 Å². The number of hydrogen-bond acceptors (Lipinski definition) is 5. The first-order valence-electron chi connectivity index (χ1n) is 4.41. The molecular weight excluding hydrogens is 226 g/mol. The SMILES string of the molecule is O=S(O)(=S)CC(O)CN1CCOCC1. The van der Waals surface area contributed by atoms with Gasteiger partial charge in [0.2, 0.25) is 0 Å². The summed E-state index contributed by atoms with van der Waals surface area (Å²) in [4.78, 5) is 1.99. The van der Waals surface area contributed by atoms with E-state index in [0.717, 1.165) is 13.1 Å². The van der Waals surface area contributed by atoms with Crippen molar-refractivity contribution in [1.29, 1.82) is 0 Å². The lowest BCUT2D eigenvalue weighted by Gasteiger charge is -2.28. The number of aliphatic hydroxyl groups excluding tert-OH is 1. The highest BCUT2D eigenvalue weighted by Gasteiger charge is 2.17. The molecule has 0 spiro atoms. The lowest BCUT2D eigenvalue weighted by atomic mass is 10.3. The first-order chi connectivity index (χ1) is 6.47. The van der Waals surface area contributed by atoms with E-state index in [-0.39, 0.29) is 5.75 Å². The molecule has 1 fully saturated rings. The zero-order valence-corrected chi connectivity index (χ0v) is 9.43. The van der Waals surface area contributed by atoms with Crippen LogP contribution in [0.15, 0.2) is 0 Å². The lowest BCUT2D eigenvalue weighted by Crippen LogP contribution is -2.42. The van der Waals surface area contributed by atoms with Crippen molar-refractivity contribution < 1.29 is 18.6 Å². The summed E-state index contributed by atoms with van der Waals surface area (Å²) in [5.41, 5.74) is 0. The maximum Gasteiger partial charge on any atom is 0.144 e. The van der Waals surface area contributed by atoms with Crippen molar-refractivity contribution in [2.45, 2.75) is 6.10 Å². The van der Waals surface area contributed by atoms with Crippen LogP contribution in [0.2, 0.25) is 0 Å². The summed E-state index contributed by atoms with van der Waals surface area (Å²) >= 11 is 4.31. The minimum Gasteiger partial charge on any atom is -0.391 e. The van der Waals surface area contributed by atoms with Gasteiger partial charge in [0.25, 0.3) is 0 Å². The molecule has 0 amide bonds. The maximum absolute atomic E-state index is 10.8. The van der Waals surface area contributed by atoms with Crippen molar-refractivity contribution in [1.82, 2.24) is 4.90 Å². The molecule has 1 aliphatic rings. The van der Waals surface area contributed by atoms with Crippen molar-refractivity contribution in [3.05, 3.63) is 0 Å². The molecule has 2 atom stereocenters. The molecule has 0 radical (unpaired) electrons. The average molecular weight is 241 g/mol. The second kappa shape index (κ2) is 5.34. The normalized spacial score (nSPS) is 25.6. The number of aliphatic hydroxyl groups is 1. The summed E-state index contributed by atoms with van der Waals surface area (Å²) in [6, 6.07) is 0. The van der Waals surface area contributed by atoms with Gasteiger partial charge in [0.05, 0.1) is 25.1 Å². The quantitative estimate of drug-likeness (QED) is 0.651. The van der Waals surface area contributed by atoms with E-state index in [1.54, 1.807) is 0 Å². The molecule has 0 aromatic carbocycles. The molecule has 7 heteroatoms. The van der Waals surface area contributed by atoms with Gasteiger partial charge in [0, 0.05) is 30.8 Å². The Morgan fingerprint density at radius 2 is 2.07 bits per heavy atom. The Bertz CT molecular complexity index is 261. The van der Waals surface area contributed by atoms with Crippen LogP contribution >= 0.6 is 0 Å². The fourth-order valence-electron chi connectivity index (χ4n) is 1.38. The predicted octanol–water partition coefficient (Wildman–Crippen LogP) is -1.10. The standard InChI is InChI=1S/C7H15NO4S2/c9-7(6-14(10,11)13)5-8-1-3-12-4-2-8/h7,9H,1-6H2,(H,10,11,13). The zero-order valence-electron chi connectivity index (χ0n) is 7.79. The predicted molar refractivity (Wildman–Crippen MR) is 56.3 cm³/mol. The highest BCUT2D eigenvalue weighted by Crippen LogP contribution is 2.00. The Balaban J connectivity index is 2.28. The van der Waals surface area contributed by atoms with E-state index in [0.29, 0.717) is 19.8 Å². The third kappa shape index (κ3) is 5.18. The Morgan fingerprint density at radius 1 is 1.50 bits per heavy atom. The summed E-state index contributed by atoms with van der Waals surface area (Å²) in [6.45, 7) is 3.18. The molecule has 2 unspecified atom stereocenters. The van der Waals surface area contributed by atoms with Gasteiger partial charge in [-0.25, -0.2) is 4.21 Å². The monoisotopic (exact) mass is 241 g/mol. The van der Waals surface area contributed by atoms with Gasteiger partial charge in [-0.1, -0.05) is 0 Å². The number of nitrogens with zero attached hydrogens (tertiary/aromatic N) is 1. The number of rotatable bonds is 4. The minimum atomic E-state index is -3.25. The van der Waals surface area contributed by atoms with Crippen LogP contribution in [-0.2, 0) is 24.7 Å².